The molecule has 1 aliphatic rings. The zero-order chi connectivity index (χ0) is 22.9. The number of anilines is 3. The summed E-state index contributed by atoms with van der Waals surface area (Å²) in [5, 5.41) is 11.0. The van der Waals surface area contributed by atoms with Gasteiger partial charge in [0.05, 0.1) is 6.20 Å². The number of pyridine rings is 1. The second kappa shape index (κ2) is 8.64. The van der Waals surface area contributed by atoms with Gasteiger partial charge in [-0.1, -0.05) is 6.07 Å². The van der Waals surface area contributed by atoms with E-state index in [0.717, 1.165) is 49.5 Å². The minimum absolute atomic E-state index is 0.674. The first-order valence-corrected chi connectivity index (χ1v) is 11.3. The maximum atomic E-state index is 4.80. The Morgan fingerprint density at radius 1 is 1.00 bits per heavy atom. The van der Waals surface area contributed by atoms with Crippen LogP contribution in [0.3, 0.4) is 0 Å². The monoisotopic (exact) mass is 452 g/mol. The number of rotatable bonds is 5. The number of benzene rings is 1. The van der Waals surface area contributed by atoms with Crippen molar-refractivity contribution in [1.29, 1.82) is 0 Å². The Morgan fingerprint density at radius 2 is 1.91 bits per heavy atom. The molecular formula is C24H24N10. The number of fused-ring (bicyclic) bond motifs is 2. The number of nitrogens with one attached hydrogen (secondary N) is 2. The third-order valence-corrected chi connectivity index (χ3v) is 6.11. The van der Waals surface area contributed by atoms with Gasteiger partial charge in [-0.15, -0.1) is 0 Å². The molecule has 5 heterocycles. The fourth-order valence-corrected chi connectivity index (χ4v) is 4.25. The SMILES string of the molecule is Cc1cc(Nc2ncnc3cnc(N4CCNCC4)nc23)ccc1Cc1ccn2ncnc2c1. The van der Waals surface area contributed by atoms with E-state index in [4.69, 9.17) is 4.98 Å². The van der Waals surface area contributed by atoms with E-state index >= 15 is 0 Å². The van der Waals surface area contributed by atoms with Crippen LogP contribution in [-0.2, 0) is 6.42 Å². The summed E-state index contributed by atoms with van der Waals surface area (Å²) in [5.74, 6) is 1.39. The van der Waals surface area contributed by atoms with Crippen LogP contribution >= 0.6 is 0 Å². The molecule has 0 spiro atoms. The Bertz CT molecular complexity index is 1470. The fourth-order valence-electron chi connectivity index (χ4n) is 4.25. The summed E-state index contributed by atoms with van der Waals surface area (Å²) in [5.41, 5.74) is 6.89. The number of nitrogens with zero attached hydrogens (tertiary/aromatic N) is 8. The number of piperazine rings is 1. The Labute approximate surface area is 196 Å². The average molecular weight is 453 g/mol. The molecule has 1 saturated heterocycles. The molecule has 0 amide bonds. The van der Waals surface area contributed by atoms with E-state index in [-0.39, 0.29) is 0 Å². The predicted octanol–water partition coefficient (Wildman–Crippen LogP) is 2.51. The van der Waals surface area contributed by atoms with Crippen LogP contribution in [-0.4, -0.2) is 60.7 Å². The molecule has 0 saturated carbocycles. The van der Waals surface area contributed by atoms with Crippen molar-refractivity contribution < 1.29 is 0 Å². The molecule has 2 N–H and O–H groups in total. The Morgan fingerprint density at radius 3 is 2.79 bits per heavy atom. The quantitative estimate of drug-likeness (QED) is 0.416. The molecule has 0 aliphatic carbocycles. The van der Waals surface area contributed by atoms with Crippen LogP contribution < -0.4 is 15.5 Å². The zero-order valence-corrected chi connectivity index (χ0v) is 18.8. The van der Waals surface area contributed by atoms with Gasteiger partial charge in [0.25, 0.3) is 0 Å². The van der Waals surface area contributed by atoms with Gasteiger partial charge in [-0.05, 0) is 54.3 Å². The molecule has 10 nitrogen and oxygen atoms in total. The van der Waals surface area contributed by atoms with Crippen molar-refractivity contribution in [1.82, 2.24) is 39.9 Å². The summed E-state index contributed by atoms with van der Waals surface area (Å²) in [6.45, 7) is 5.74. The number of aryl methyl sites for hydroxylation is 1. The van der Waals surface area contributed by atoms with Crippen molar-refractivity contribution in [3.05, 3.63) is 72.1 Å². The van der Waals surface area contributed by atoms with Crippen molar-refractivity contribution in [3.63, 3.8) is 0 Å². The van der Waals surface area contributed by atoms with Crippen molar-refractivity contribution in [2.24, 2.45) is 0 Å². The van der Waals surface area contributed by atoms with Gasteiger partial charge in [0.15, 0.2) is 11.5 Å². The molecule has 0 unspecified atom stereocenters. The topological polar surface area (TPSA) is 109 Å². The van der Waals surface area contributed by atoms with Crippen molar-refractivity contribution in [2.45, 2.75) is 13.3 Å². The second-order valence-corrected chi connectivity index (χ2v) is 8.40. The summed E-state index contributed by atoms with van der Waals surface area (Å²) in [7, 11) is 0. The fraction of sp³-hybridized carbons (Fsp3) is 0.250. The first-order chi connectivity index (χ1) is 16.7. The smallest absolute Gasteiger partial charge is 0.226 e. The number of hydrogen-bond donors (Lipinski definition) is 2. The van der Waals surface area contributed by atoms with Crippen LogP contribution in [0.5, 0.6) is 0 Å². The van der Waals surface area contributed by atoms with Gasteiger partial charge in [0.1, 0.15) is 23.7 Å². The molecule has 6 rings (SSSR count). The van der Waals surface area contributed by atoms with Crippen LogP contribution in [0.2, 0.25) is 0 Å². The van der Waals surface area contributed by atoms with Crippen LogP contribution in [0, 0.1) is 6.92 Å². The lowest BCUT2D eigenvalue weighted by Gasteiger charge is -2.27. The molecule has 5 aromatic rings. The summed E-state index contributed by atoms with van der Waals surface area (Å²) >= 11 is 0. The van der Waals surface area contributed by atoms with Gasteiger partial charge in [0, 0.05) is 38.1 Å². The van der Waals surface area contributed by atoms with Crippen LogP contribution in [0.4, 0.5) is 17.5 Å². The normalized spacial score (nSPS) is 14.1. The summed E-state index contributed by atoms with van der Waals surface area (Å²) in [6.07, 6.45) is 7.65. The van der Waals surface area contributed by atoms with Gasteiger partial charge < -0.3 is 15.5 Å². The van der Waals surface area contributed by atoms with Gasteiger partial charge >= 0.3 is 0 Å². The highest BCUT2D eigenvalue weighted by Crippen LogP contribution is 2.25. The zero-order valence-electron chi connectivity index (χ0n) is 18.8. The van der Waals surface area contributed by atoms with Gasteiger partial charge in [-0.3, -0.25) is 0 Å². The molecule has 10 heteroatoms. The minimum Gasteiger partial charge on any atom is -0.338 e. The standard InChI is InChI=1S/C24H24N10/c1-16-10-19(3-2-18(16)11-17-4-7-34-21(12-17)28-15-30-34)31-23-22-20(27-14-29-23)13-26-24(32-22)33-8-5-25-6-9-33/h2-4,7,10,12-15,25H,5-6,8-9,11H2,1H3,(H,27,29,31). The second-order valence-electron chi connectivity index (χ2n) is 8.40. The molecule has 1 aromatic carbocycles. The maximum Gasteiger partial charge on any atom is 0.226 e. The molecule has 0 bridgehead atoms. The Hall–Kier alpha value is -4.18. The highest BCUT2D eigenvalue weighted by Gasteiger charge is 2.15. The predicted molar refractivity (Wildman–Crippen MR) is 130 cm³/mol. The van der Waals surface area contributed by atoms with Gasteiger partial charge in [-0.2, -0.15) is 5.10 Å². The van der Waals surface area contributed by atoms with Crippen molar-refractivity contribution in [3.8, 4) is 0 Å². The lowest BCUT2D eigenvalue weighted by Crippen LogP contribution is -2.44. The van der Waals surface area contributed by atoms with Gasteiger partial charge in [0.2, 0.25) is 5.95 Å². The van der Waals surface area contributed by atoms with E-state index in [0.29, 0.717) is 17.3 Å². The number of hydrogen-bond acceptors (Lipinski definition) is 9. The molecular weight excluding hydrogens is 428 g/mol. The summed E-state index contributed by atoms with van der Waals surface area (Å²) in [4.78, 5) is 24.6. The lowest BCUT2D eigenvalue weighted by atomic mass is 10.0. The molecule has 1 fully saturated rings. The molecule has 170 valence electrons. The van der Waals surface area contributed by atoms with Gasteiger partial charge in [-0.25, -0.2) is 29.4 Å². The first-order valence-electron chi connectivity index (χ1n) is 11.3. The van der Waals surface area contributed by atoms with Crippen molar-refractivity contribution >= 4 is 34.1 Å². The molecule has 0 radical (unpaired) electrons. The van der Waals surface area contributed by atoms with E-state index in [2.05, 4.69) is 77.8 Å². The summed E-state index contributed by atoms with van der Waals surface area (Å²) in [6, 6.07) is 10.5. The van der Waals surface area contributed by atoms with E-state index in [1.54, 1.807) is 23.4 Å². The van der Waals surface area contributed by atoms with Crippen LogP contribution in [0.1, 0.15) is 16.7 Å². The van der Waals surface area contributed by atoms with Crippen LogP contribution in [0.15, 0.2) is 55.4 Å². The first kappa shape index (κ1) is 20.4. The maximum absolute atomic E-state index is 4.80. The van der Waals surface area contributed by atoms with Crippen molar-refractivity contribution in [2.75, 3.05) is 36.4 Å². The largest absolute Gasteiger partial charge is 0.338 e. The molecule has 4 aromatic heterocycles. The molecule has 34 heavy (non-hydrogen) atoms. The van der Waals surface area contributed by atoms with Crippen LogP contribution in [0.25, 0.3) is 16.7 Å². The Kier molecular flexibility index (Phi) is 5.19. The minimum atomic E-state index is 0.674. The molecule has 0 atom stereocenters. The molecule has 1 aliphatic heterocycles. The third-order valence-electron chi connectivity index (χ3n) is 6.11. The van der Waals surface area contributed by atoms with E-state index in [9.17, 15) is 0 Å². The Balaban J connectivity index is 1.25. The lowest BCUT2D eigenvalue weighted by molar-refractivity contribution is 0.580. The average Bonchev–Trinajstić information content (AvgIpc) is 3.34. The van der Waals surface area contributed by atoms with E-state index < -0.39 is 0 Å². The number of aromatic nitrogens is 7. The van der Waals surface area contributed by atoms with E-state index in [1.807, 2.05) is 6.20 Å². The third kappa shape index (κ3) is 3.99. The van der Waals surface area contributed by atoms with E-state index in [1.165, 1.54) is 16.7 Å². The highest BCUT2D eigenvalue weighted by atomic mass is 15.3. The summed E-state index contributed by atoms with van der Waals surface area (Å²) < 4.78 is 1.77. The highest BCUT2D eigenvalue weighted by molar-refractivity contribution is 5.87.